The van der Waals surface area contributed by atoms with Gasteiger partial charge in [-0.15, -0.1) is 0 Å². The molecule has 0 saturated carbocycles. The van der Waals surface area contributed by atoms with Gasteiger partial charge in [-0.25, -0.2) is 0 Å². The average Bonchev–Trinajstić information content (AvgIpc) is 3.07. The number of nitrogens with zero attached hydrogens (tertiary/aromatic N) is 1. The molecule has 1 amide bonds. The molecule has 19 heavy (non-hydrogen) atoms. The number of nitrogens with one attached hydrogen (secondary N) is 1. The lowest BCUT2D eigenvalue weighted by atomic mass is 9.98. The van der Waals surface area contributed by atoms with E-state index in [1.807, 2.05) is 6.07 Å². The molecular formula is C16H22N2O. The van der Waals surface area contributed by atoms with Crippen LogP contribution in [-0.4, -0.2) is 29.9 Å². The molecule has 102 valence electrons. The van der Waals surface area contributed by atoms with Crippen molar-refractivity contribution in [2.75, 3.05) is 13.1 Å². The first kappa shape index (κ1) is 12.7. The zero-order chi connectivity index (χ0) is 13.2. The minimum absolute atomic E-state index is 0.171. The average molecular weight is 258 g/mol. The van der Waals surface area contributed by atoms with Crippen LogP contribution in [-0.2, 0) is 4.79 Å². The Kier molecular flexibility index (Phi) is 3.56. The number of benzene rings is 1. The van der Waals surface area contributed by atoms with E-state index in [1.54, 1.807) is 0 Å². The monoisotopic (exact) mass is 258 g/mol. The molecule has 2 saturated heterocycles. The molecule has 2 aliphatic rings. The lowest BCUT2D eigenvalue weighted by Gasteiger charge is -2.29. The van der Waals surface area contributed by atoms with Crippen LogP contribution in [0.25, 0.3) is 0 Å². The Morgan fingerprint density at radius 2 is 2.05 bits per heavy atom. The second-order valence-electron chi connectivity index (χ2n) is 5.74. The second kappa shape index (κ2) is 5.33. The maximum absolute atomic E-state index is 12.7. The van der Waals surface area contributed by atoms with Crippen LogP contribution in [0, 0.1) is 5.92 Å². The minimum atomic E-state index is 0.171. The zero-order valence-corrected chi connectivity index (χ0v) is 11.5. The van der Waals surface area contributed by atoms with Gasteiger partial charge in [0.25, 0.3) is 0 Å². The molecule has 3 rings (SSSR count). The first-order chi connectivity index (χ1) is 9.27. The second-order valence-corrected chi connectivity index (χ2v) is 5.74. The predicted molar refractivity (Wildman–Crippen MR) is 75.7 cm³/mol. The summed E-state index contributed by atoms with van der Waals surface area (Å²) >= 11 is 0. The summed E-state index contributed by atoms with van der Waals surface area (Å²) in [5.41, 5.74) is 1.28. The Bertz CT molecular complexity index is 445. The largest absolute Gasteiger partial charge is 0.335 e. The van der Waals surface area contributed by atoms with Gasteiger partial charge in [-0.3, -0.25) is 4.79 Å². The van der Waals surface area contributed by atoms with Gasteiger partial charge < -0.3 is 10.2 Å². The third-order valence-corrected chi connectivity index (χ3v) is 4.56. The van der Waals surface area contributed by atoms with Crippen molar-refractivity contribution in [1.82, 2.24) is 10.2 Å². The lowest BCUT2D eigenvalue weighted by Crippen LogP contribution is -2.39. The summed E-state index contributed by atoms with van der Waals surface area (Å²) in [6.45, 7) is 4.02. The van der Waals surface area contributed by atoms with Crippen LogP contribution in [0.2, 0.25) is 0 Å². The van der Waals surface area contributed by atoms with E-state index in [2.05, 4.69) is 41.4 Å². The Hall–Kier alpha value is -1.35. The molecule has 0 spiro atoms. The summed E-state index contributed by atoms with van der Waals surface area (Å²) in [6, 6.07) is 11.1. The third kappa shape index (κ3) is 2.39. The van der Waals surface area contributed by atoms with Gasteiger partial charge in [0.2, 0.25) is 5.91 Å². The van der Waals surface area contributed by atoms with Crippen molar-refractivity contribution in [3.05, 3.63) is 35.9 Å². The SMILES string of the molecule is CC1NCCC1C(=O)N1CCCC1c1ccccc1. The highest BCUT2D eigenvalue weighted by molar-refractivity contribution is 5.80. The highest BCUT2D eigenvalue weighted by Gasteiger charge is 2.37. The smallest absolute Gasteiger partial charge is 0.227 e. The van der Waals surface area contributed by atoms with Crippen molar-refractivity contribution in [2.24, 2.45) is 5.92 Å². The normalized spacial score (nSPS) is 30.8. The highest BCUT2D eigenvalue weighted by Crippen LogP contribution is 2.34. The van der Waals surface area contributed by atoms with Crippen molar-refractivity contribution in [1.29, 1.82) is 0 Å². The number of rotatable bonds is 2. The fourth-order valence-electron chi connectivity index (χ4n) is 3.46. The predicted octanol–water partition coefficient (Wildman–Crippen LogP) is 2.35. The number of likely N-dealkylation sites (tertiary alicyclic amines) is 1. The quantitative estimate of drug-likeness (QED) is 0.883. The van der Waals surface area contributed by atoms with E-state index in [0.29, 0.717) is 18.0 Å². The molecule has 3 heteroatoms. The molecule has 3 nitrogen and oxygen atoms in total. The van der Waals surface area contributed by atoms with E-state index in [-0.39, 0.29) is 5.92 Å². The molecule has 2 heterocycles. The van der Waals surface area contributed by atoms with Crippen LogP contribution >= 0.6 is 0 Å². The number of carbonyl (C=O) groups is 1. The van der Waals surface area contributed by atoms with Crippen molar-refractivity contribution in [3.8, 4) is 0 Å². The summed E-state index contributed by atoms with van der Waals surface area (Å²) in [6.07, 6.45) is 3.21. The maximum Gasteiger partial charge on any atom is 0.227 e. The molecule has 0 aromatic heterocycles. The van der Waals surface area contributed by atoms with Crippen LogP contribution in [0.4, 0.5) is 0 Å². The van der Waals surface area contributed by atoms with Gasteiger partial charge in [0.1, 0.15) is 0 Å². The standard InChI is InChI=1S/C16H22N2O/c1-12-14(9-10-17-12)16(19)18-11-5-8-15(18)13-6-3-2-4-7-13/h2-4,6-7,12,14-15,17H,5,8-11H2,1H3. The van der Waals surface area contributed by atoms with Gasteiger partial charge >= 0.3 is 0 Å². The maximum atomic E-state index is 12.7. The van der Waals surface area contributed by atoms with Crippen molar-refractivity contribution >= 4 is 5.91 Å². The summed E-state index contributed by atoms with van der Waals surface area (Å²) < 4.78 is 0. The van der Waals surface area contributed by atoms with Crippen LogP contribution in [0.15, 0.2) is 30.3 Å². The Labute approximate surface area is 115 Å². The van der Waals surface area contributed by atoms with E-state index >= 15 is 0 Å². The first-order valence-electron chi connectivity index (χ1n) is 7.36. The molecule has 3 unspecified atom stereocenters. The molecule has 0 bridgehead atoms. The van der Waals surface area contributed by atoms with E-state index < -0.39 is 0 Å². The molecule has 2 aliphatic heterocycles. The summed E-state index contributed by atoms with van der Waals surface area (Å²) in [5, 5.41) is 3.38. The number of carbonyl (C=O) groups excluding carboxylic acids is 1. The van der Waals surface area contributed by atoms with Gasteiger partial charge in [0.15, 0.2) is 0 Å². The van der Waals surface area contributed by atoms with Crippen molar-refractivity contribution in [3.63, 3.8) is 0 Å². The van der Waals surface area contributed by atoms with Gasteiger partial charge in [0, 0.05) is 12.6 Å². The van der Waals surface area contributed by atoms with Gasteiger partial charge in [-0.05, 0) is 38.3 Å². The summed E-state index contributed by atoms with van der Waals surface area (Å²) in [4.78, 5) is 14.8. The van der Waals surface area contributed by atoms with Crippen molar-refractivity contribution in [2.45, 2.75) is 38.3 Å². The molecule has 0 radical (unpaired) electrons. The fraction of sp³-hybridized carbons (Fsp3) is 0.562. The number of hydrogen-bond donors (Lipinski definition) is 1. The van der Waals surface area contributed by atoms with Crippen LogP contribution in [0.5, 0.6) is 0 Å². The van der Waals surface area contributed by atoms with E-state index in [1.165, 1.54) is 5.56 Å². The lowest BCUT2D eigenvalue weighted by molar-refractivity contribution is -0.136. The van der Waals surface area contributed by atoms with Crippen LogP contribution < -0.4 is 5.32 Å². The molecule has 0 aliphatic carbocycles. The number of amides is 1. The minimum Gasteiger partial charge on any atom is -0.335 e. The summed E-state index contributed by atoms with van der Waals surface area (Å²) in [5.74, 6) is 0.521. The molecule has 1 N–H and O–H groups in total. The van der Waals surface area contributed by atoms with Crippen LogP contribution in [0.1, 0.15) is 37.8 Å². The first-order valence-corrected chi connectivity index (χ1v) is 7.36. The topological polar surface area (TPSA) is 32.3 Å². The zero-order valence-electron chi connectivity index (χ0n) is 11.5. The van der Waals surface area contributed by atoms with Gasteiger partial charge in [-0.2, -0.15) is 0 Å². The molecule has 3 atom stereocenters. The van der Waals surface area contributed by atoms with Gasteiger partial charge in [-0.1, -0.05) is 30.3 Å². The molecular weight excluding hydrogens is 236 g/mol. The molecule has 2 fully saturated rings. The van der Waals surface area contributed by atoms with Crippen molar-refractivity contribution < 1.29 is 4.79 Å². The summed E-state index contributed by atoms with van der Waals surface area (Å²) in [7, 11) is 0. The van der Waals surface area contributed by atoms with E-state index in [4.69, 9.17) is 0 Å². The Balaban J connectivity index is 1.78. The fourth-order valence-corrected chi connectivity index (χ4v) is 3.46. The van der Waals surface area contributed by atoms with E-state index in [9.17, 15) is 4.79 Å². The Morgan fingerprint density at radius 1 is 1.26 bits per heavy atom. The molecule has 1 aromatic carbocycles. The Morgan fingerprint density at radius 3 is 2.74 bits per heavy atom. The van der Waals surface area contributed by atoms with Gasteiger partial charge in [0.05, 0.1) is 12.0 Å². The van der Waals surface area contributed by atoms with E-state index in [0.717, 1.165) is 32.4 Å². The molecule has 1 aromatic rings. The third-order valence-electron chi connectivity index (χ3n) is 4.56. The van der Waals surface area contributed by atoms with Crippen LogP contribution in [0.3, 0.4) is 0 Å². The highest BCUT2D eigenvalue weighted by atomic mass is 16.2. The number of hydrogen-bond acceptors (Lipinski definition) is 2.